The summed E-state index contributed by atoms with van der Waals surface area (Å²) in [4.78, 5) is 29.4. The van der Waals surface area contributed by atoms with E-state index in [1.54, 1.807) is 12.1 Å². The van der Waals surface area contributed by atoms with Crippen LogP contribution in [0.1, 0.15) is 6.92 Å². The number of aromatic nitrogens is 2. The molecule has 0 aliphatic heterocycles. The summed E-state index contributed by atoms with van der Waals surface area (Å²) in [5, 5.41) is 0.461. The number of nitrogens with one attached hydrogen (secondary N) is 1. The molecule has 5 nitrogen and oxygen atoms in total. The van der Waals surface area contributed by atoms with Gasteiger partial charge < -0.3 is 9.82 Å². The number of fused-ring (bicyclic) bond motifs is 1. The van der Waals surface area contributed by atoms with E-state index in [2.05, 4.69) is 4.98 Å². The number of hydrogen-bond acceptors (Lipinski definition) is 3. The summed E-state index contributed by atoms with van der Waals surface area (Å²) in [7, 11) is 0. The Morgan fingerprint density at radius 1 is 1.53 bits per heavy atom. The van der Waals surface area contributed by atoms with Crippen molar-refractivity contribution in [2.75, 3.05) is 0 Å². The lowest BCUT2D eigenvalue weighted by molar-refractivity contribution is -0.141. The van der Waals surface area contributed by atoms with Gasteiger partial charge in [-0.25, -0.2) is 9.59 Å². The van der Waals surface area contributed by atoms with Gasteiger partial charge in [-0.05, 0) is 18.2 Å². The molecule has 1 heterocycles. The van der Waals surface area contributed by atoms with Gasteiger partial charge in [0.05, 0.1) is 5.52 Å². The van der Waals surface area contributed by atoms with Gasteiger partial charge >= 0.3 is 11.7 Å². The molecule has 0 fully saturated rings. The molecule has 0 unspecified atom stereocenters. The molecule has 0 aliphatic carbocycles. The number of H-pyrrole nitrogens is 1. The molecule has 0 spiro atoms. The second kappa shape index (κ2) is 3.43. The highest BCUT2D eigenvalue weighted by atomic mass is 35.5. The second-order valence-electron chi connectivity index (χ2n) is 2.97. The van der Waals surface area contributed by atoms with E-state index in [0.717, 1.165) is 4.73 Å². The molecule has 0 saturated heterocycles. The fraction of sp³-hybridized carbons (Fsp3) is 0.111. The molecule has 0 atom stereocenters. The smallest absolute Gasteiger partial charge is 0.332 e. The normalized spacial score (nSPS) is 10.5. The van der Waals surface area contributed by atoms with Crippen LogP contribution >= 0.6 is 11.6 Å². The van der Waals surface area contributed by atoms with Gasteiger partial charge in [0.15, 0.2) is 0 Å². The van der Waals surface area contributed by atoms with Gasteiger partial charge in [-0.15, -0.1) is 4.73 Å². The van der Waals surface area contributed by atoms with Crippen molar-refractivity contribution >= 4 is 28.6 Å². The third-order valence-electron chi connectivity index (χ3n) is 1.82. The predicted molar refractivity (Wildman–Crippen MR) is 54.8 cm³/mol. The molecule has 2 aromatic rings. The van der Waals surface area contributed by atoms with E-state index in [1.165, 1.54) is 13.0 Å². The number of halogens is 1. The molecule has 6 heteroatoms. The van der Waals surface area contributed by atoms with Crippen molar-refractivity contribution in [3.8, 4) is 0 Å². The van der Waals surface area contributed by atoms with Crippen LogP contribution in [0.4, 0.5) is 0 Å². The maximum absolute atomic E-state index is 11.4. The Balaban J connectivity index is 2.70. The highest BCUT2D eigenvalue weighted by molar-refractivity contribution is 6.31. The first-order chi connectivity index (χ1) is 7.08. The largest absolute Gasteiger partial charge is 0.360 e. The van der Waals surface area contributed by atoms with Gasteiger partial charge in [-0.1, -0.05) is 11.6 Å². The zero-order valence-corrected chi connectivity index (χ0v) is 8.54. The summed E-state index contributed by atoms with van der Waals surface area (Å²) in [6.07, 6.45) is 0. The summed E-state index contributed by atoms with van der Waals surface area (Å²) in [6, 6.07) is 4.81. The van der Waals surface area contributed by atoms with E-state index in [-0.39, 0.29) is 0 Å². The summed E-state index contributed by atoms with van der Waals surface area (Å²) in [5.74, 6) is -0.571. The minimum Gasteiger partial charge on any atom is -0.332 e. The van der Waals surface area contributed by atoms with Gasteiger partial charge in [-0.2, -0.15) is 0 Å². The summed E-state index contributed by atoms with van der Waals surface area (Å²) < 4.78 is 0.879. The molecular formula is C9H7ClN2O3. The molecule has 0 aliphatic rings. The van der Waals surface area contributed by atoms with E-state index in [9.17, 15) is 9.59 Å². The molecule has 0 bridgehead atoms. The van der Waals surface area contributed by atoms with Crippen molar-refractivity contribution in [2.24, 2.45) is 0 Å². The van der Waals surface area contributed by atoms with Gasteiger partial charge in [-0.3, -0.25) is 0 Å². The van der Waals surface area contributed by atoms with E-state index < -0.39 is 11.7 Å². The number of rotatable bonds is 1. The highest BCUT2D eigenvalue weighted by Gasteiger charge is 2.09. The molecule has 2 rings (SSSR count). The lowest BCUT2D eigenvalue weighted by Crippen LogP contribution is -2.27. The van der Waals surface area contributed by atoms with Crippen LogP contribution in [0.5, 0.6) is 0 Å². The Morgan fingerprint density at radius 2 is 2.27 bits per heavy atom. The molecule has 0 saturated carbocycles. The predicted octanol–water partition coefficient (Wildman–Crippen LogP) is 0.958. The average Bonchev–Trinajstić information content (AvgIpc) is 2.43. The number of hydrogen-bond donors (Lipinski definition) is 1. The van der Waals surface area contributed by atoms with Crippen molar-refractivity contribution in [1.29, 1.82) is 0 Å². The first-order valence-electron chi connectivity index (χ1n) is 4.17. The zero-order valence-electron chi connectivity index (χ0n) is 7.78. The van der Waals surface area contributed by atoms with Crippen LogP contribution in [0.25, 0.3) is 11.0 Å². The van der Waals surface area contributed by atoms with Crippen LogP contribution in [-0.2, 0) is 4.79 Å². The molecular weight excluding hydrogens is 220 g/mol. The third-order valence-corrected chi connectivity index (χ3v) is 2.06. The Kier molecular flexibility index (Phi) is 2.24. The summed E-state index contributed by atoms with van der Waals surface area (Å²) >= 11 is 5.77. The fourth-order valence-electron chi connectivity index (χ4n) is 1.27. The summed E-state index contributed by atoms with van der Waals surface area (Å²) in [5.41, 5.74) is 0.482. The van der Waals surface area contributed by atoms with E-state index in [1.807, 2.05) is 0 Å². The highest BCUT2D eigenvalue weighted by Crippen LogP contribution is 2.15. The van der Waals surface area contributed by atoms with Crippen LogP contribution < -0.4 is 10.5 Å². The molecule has 78 valence electrons. The quantitative estimate of drug-likeness (QED) is 0.788. The van der Waals surface area contributed by atoms with Crippen LogP contribution in [0.3, 0.4) is 0 Å². The molecule has 15 heavy (non-hydrogen) atoms. The molecule has 1 aromatic carbocycles. The average molecular weight is 227 g/mol. The van der Waals surface area contributed by atoms with Crippen molar-refractivity contribution in [3.63, 3.8) is 0 Å². The third kappa shape index (κ3) is 1.73. The van der Waals surface area contributed by atoms with Crippen LogP contribution in [0.2, 0.25) is 5.02 Å². The molecule has 1 N–H and O–H groups in total. The van der Waals surface area contributed by atoms with E-state index in [4.69, 9.17) is 16.4 Å². The number of aromatic amines is 1. The van der Waals surface area contributed by atoms with E-state index >= 15 is 0 Å². The van der Waals surface area contributed by atoms with Crippen LogP contribution in [0, 0.1) is 0 Å². The minimum absolute atomic E-state index is 0.433. The Labute approximate surface area is 89.2 Å². The number of imidazole rings is 1. The fourth-order valence-corrected chi connectivity index (χ4v) is 1.44. The first kappa shape index (κ1) is 9.79. The molecule has 1 aromatic heterocycles. The van der Waals surface area contributed by atoms with Crippen molar-refractivity contribution in [1.82, 2.24) is 9.71 Å². The van der Waals surface area contributed by atoms with E-state index in [0.29, 0.717) is 16.1 Å². The van der Waals surface area contributed by atoms with Crippen LogP contribution in [0.15, 0.2) is 23.0 Å². The van der Waals surface area contributed by atoms with Crippen LogP contribution in [-0.4, -0.2) is 15.7 Å². The van der Waals surface area contributed by atoms with Gasteiger partial charge in [0.2, 0.25) is 0 Å². The number of nitrogens with zero attached hydrogens (tertiary/aromatic N) is 1. The second-order valence-corrected chi connectivity index (χ2v) is 3.41. The molecule has 0 radical (unpaired) electrons. The minimum atomic E-state index is -0.571. The van der Waals surface area contributed by atoms with Gasteiger partial charge in [0.25, 0.3) is 0 Å². The monoisotopic (exact) mass is 226 g/mol. The van der Waals surface area contributed by atoms with Gasteiger partial charge in [0.1, 0.15) is 5.52 Å². The number of benzene rings is 1. The lowest BCUT2D eigenvalue weighted by atomic mass is 10.3. The van der Waals surface area contributed by atoms with Crippen molar-refractivity contribution in [2.45, 2.75) is 6.92 Å². The topological polar surface area (TPSA) is 64.1 Å². The SMILES string of the molecule is CC(=O)On1c(=O)[nH]c2ccc(Cl)cc21. The molecule has 0 amide bonds. The Hall–Kier alpha value is -1.75. The summed E-state index contributed by atoms with van der Waals surface area (Å²) in [6.45, 7) is 1.22. The first-order valence-corrected chi connectivity index (χ1v) is 4.55. The number of carbonyl (C=O) groups is 1. The lowest BCUT2D eigenvalue weighted by Gasteiger charge is -2.00. The Morgan fingerprint density at radius 3 is 2.93 bits per heavy atom. The zero-order chi connectivity index (χ0) is 11.0. The Bertz CT molecular complexity index is 585. The standard InChI is InChI=1S/C9H7ClN2O3/c1-5(13)15-12-8-4-6(10)2-3-7(8)11-9(12)14/h2-4H,1H3,(H,11,14). The maximum atomic E-state index is 11.4. The number of carbonyl (C=O) groups excluding carboxylic acids is 1. The van der Waals surface area contributed by atoms with Crippen molar-refractivity contribution < 1.29 is 9.63 Å². The maximum Gasteiger partial charge on any atom is 0.360 e. The van der Waals surface area contributed by atoms with Gasteiger partial charge in [0, 0.05) is 11.9 Å². The van der Waals surface area contributed by atoms with Crippen molar-refractivity contribution in [3.05, 3.63) is 33.7 Å².